The Balaban J connectivity index is 2.45. The molecule has 68 heavy (non-hydrogen) atoms. The van der Waals surface area contributed by atoms with Crippen LogP contribution in [0.15, 0.2) is 24.3 Å². The van der Waals surface area contributed by atoms with Crippen molar-refractivity contribution < 1.29 is 59.0 Å². The Morgan fingerprint density at radius 3 is 1.25 bits per heavy atom. The summed E-state index contributed by atoms with van der Waals surface area (Å²) >= 11 is 0. The van der Waals surface area contributed by atoms with Crippen LogP contribution in [0.4, 0.5) is 0 Å². The Kier molecular flexibility index (Phi) is 41.3. The van der Waals surface area contributed by atoms with E-state index in [1.165, 1.54) is 160 Å². The van der Waals surface area contributed by atoms with Crippen LogP contribution in [0.3, 0.4) is 0 Å². The Morgan fingerprint density at radius 2 is 0.853 bits per heavy atom. The number of aliphatic hydroxyl groups is 7. The number of aliphatic hydroxyl groups excluding tert-OH is 7. The first kappa shape index (κ1) is 64.8. The molecule has 1 aliphatic rings. The molecule has 0 aromatic heterocycles. The number of carbonyl (C=O) groups excluding carboxylic acids is 1. The highest BCUT2D eigenvalue weighted by atomic mass is 31.2. The predicted molar refractivity (Wildman–Crippen MR) is 275 cm³/mol. The van der Waals surface area contributed by atoms with E-state index < -0.39 is 75.2 Å². The fourth-order valence-corrected chi connectivity index (χ4v) is 9.97. The summed E-state index contributed by atoms with van der Waals surface area (Å²) in [4.78, 5) is 23.6. The van der Waals surface area contributed by atoms with Gasteiger partial charge in [0.25, 0.3) is 0 Å². The molecule has 14 heteroatoms. The van der Waals surface area contributed by atoms with Crippen molar-refractivity contribution in [2.45, 2.75) is 306 Å². The molecule has 13 nitrogen and oxygen atoms in total. The third-order valence-electron chi connectivity index (χ3n) is 13.5. The van der Waals surface area contributed by atoms with Gasteiger partial charge in [-0.1, -0.05) is 224 Å². The summed E-state index contributed by atoms with van der Waals surface area (Å²) in [6.07, 6.45) is 36.8. The fourth-order valence-electron chi connectivity index (χ4n) is 9.00. The lowest BCUT2D eigenvalue weighted by molar-refractivity contribution is -0.220. The van der Waals surface area contributed by atoms with E-state index >= 15 is 0 Å². The summed E-state index contributed by atoms with van der Waals surface area (Å²) < 4.78 is 23.0. The number of hydrogen-bond donors (Lipinski definition) is 9. The molecule has 0 aliphatic heterocycles. The van der Waals surface area contributed by atoms with Crippen LogP contribution in [-0.2, 0) is 18.4 Å². The monoisotopic (exact) mass is 990 g/mol. The van der Waals surface area contributed by atoms with Crippen molar-refractivity contribution in [1.29, 1.82) is 0 Å². The molecular formula is C54H104NO12P. The van der Waals surface area contributed by atoms with Gasteiger partial charge < -0.3 is 46.0 Å². The maximum absolute atomic E-state index is 13.1. The Bertz CT molecular complexity index is 1260. The molecule has 0 heterocycles. The molecule has 1 fully saturated rings. The van der Waals surface area contributed by atoms with Crippen molar-refractivity contribution in [3.8, 4) is 0 Å². The van der Waals surface area contributed by atoms with Gasteiger partial charge in [0.15, 0.2) is 0 Å². The van der Waals surface area contributed by atoms with E-state index in [0.29, 0.717) is 12.8 Å². The molecule has 0 aromatic carbocycles. The lowest BCUT2D eigenvalue weighted by Gasteiger charge is -2.41. The van der Waals surface area contributed by atoms with Crippen LogP contribution in [0.1, 0.15) is 251 Å². The SMILES string of the molecule is CCCCCCCCCCCC/C=C\CCCCCCCC(O)CC(=O)NC(COP(=O)(O)OC1C(O)C(O)C(O)C(O)C1O)C(O)/C=C/CCCCCCCCCCCCCCCCCCC. The van der Waals surface area contributed by atoms with Gasteiger partial charge in [0, 0.05) is 0 Å². The second kappa shape index (κ2) is 43.4. The Hall–Kier alpha value is -1.22. The molecule has 8 atom stereocenters. The predicted octanol–water partition coefficient (Wildman–Crippen LogP) is 11.1. The largest absolute Gasteiger partial charge is 0.472 e. The van der Waals surface area contributed by atoms with Crippen LogP contribution in [0.5, 0.6) is 0 Å². The second-order valence-electron chi connectivity index (χ2n) is 20.0. The zero-order valence-corrected chi connectivity index (χ0v) is 43.9. The normalized spacial score (nSPS) is 22.2. The Morgan fingerprint density at radius 1 is 0.515 bits per heavy atom. The number of hydrogen-bond acceptors (Lipinski definition) is 11. The summed E-state index contributed by atoms with van der Waals surface area (Å²) in [6, 6.07) is -1.24. The molecule has 0 aromatic rings. The van der Waals surface area contributed by atoms with Crippen molar-refractivity contribution in [2.75, 3.05) is 6.61 Å². The molecule has 0 radical (unpaired) electrons. The number of carbonyl (C=O) groups is 1. The van der Waals surface area contributed by atoms with Crippen LogP contribution in [-0.4, -0.2) is 108 Å². The minimum absolute atomic E-state index is 0.248. The van der Waals surface area contributed by atoms with Gasteiger partial charge >= 0.3 is 7.82 Å². The third-order valence-corrected chi connectivity index (χ3v) is 14.5. The van der Waals surface area contributed by atoms with E-state index in [-0.39, 0.29) is 6.42 Å². The first-order chi connectivity index (χ1) is 32.8. The number of rotatable bonds is 47. The van der Waals surface area contributed by atoms with E-state index in [0.717, 1.165) is 64.2 Å². The molecule has 1 aliphatic carbocycles. The fraction of sp³-hybridized carbons (Fsp3) is 0.907. The van der Waals surface area contributed by atoms with Crippen molar-refractivity contribution in [3.05, 3.63) is 24.3 Å². The minimum Gasteiger partial charge on any atom is -0.393 e. The van der Waals surface area contributed by atoms with Crippen LogP contribution < -0.4 is 5.32 Å². The molecule has 1 saturated carbocycles. The number of nitrogens with one attached hydrogen (secondary N) is 1. The molecule has 402 valence electrons. The van der Waals surface area contributed by atoms with Gasteiger partial charge in [0.2, 0.25) is 5.91 Å². The van der Waals surface area contributed by atoms with E-state index in [4.69, 9.17) is 9.05 Å². The van der Waals surface area contributed by atoms with E-state index in [1.807, 2.05) is 0 Å². The average molecular weight is 990 g/mol. The van der Waals surface area contributed by atoms with Crippen LogP contribution in [0, 0.1) is 0 Å². The maximum Gasteiger partial charge on any atom is 0.472 e. The molecule has 9 N–H and O–H groups in total. The first-order valence-corrected chi connectivity index (χ1v) is 29.4. The van der Waals surface area contributed by atoms with Crippen LogP contribution in [0.25, 0.3) is 0 Å². The van der Waals surface area contributed by atoms with Crippen molar-refractivity contribution >= 4 is 13.7 Å². The Labute approximate surface area is 414 Å². The molecule has 0 spiro atoms. The maximum atomic E-state index is 13.1. The van der Waals surface area contributed by atoms with Crippen LogP contribution in [0.2, 0.25) is 0 Å². The highest BCUT2D eigenvalue weighted by molar-refractivity contribution is 7.47. The summed E-state index contributed by atoms with van der Waals surface area (Å²) in [7, 11) is -5.15. The number of allylic oxidation sites excluding steroid dienone is 3. The summed E-state index contributed by atoms with van der Waals surface area (Å²) in [5.74, 6) is -0.594. The van der Waals surface area contributed by atoms with Gasteiger partial charge in [-0.15, -0.1) is 0 Å². The molecule has 0 bridgehead atoms. The van der Waals surface area contributed by atoms with Crippen molar-refractivity contribution in [1.82, 2.24) is 5.32 Å². The standard InChI is InChI=1S/C54H104NO12P/c1-3-5-7-9-11-13-15-17-19-21-23-25-27-29-31-33-35-37-39-41-45(56)43-48(58)55-46(44-66-68(64,65)67-54-52(62)50(60)49(59)51(61)53(54)63)47(57)42-40-38-36-34-32-30-28-26-24-22-20-18-16-14-12-10-8-6-4-2/h25,27,40,42,45-47,49-54,56-57,59-63H,3-24,26,28-39,41,43-44H2,1-2H3,(H,55,58)(H,64,65)/b27-25-,42-40+. The number of amides is 1. The number of phosphoric ester groups is 1. The second-order valence-corrected chi connectivity index (χ2v) is 21.4. The summed E-state index contributed by atoms with van der Waals surface area (Å²) in [5, 5.41) is 74.8. The van der Waals surface area contributed by atoms with Crippen molar-refractivity contribution in [3.63, 3.8) is 0 Å². The van der Waals surface area contributed by atoms with Crippen LogP contribution >= 0.6 is 7.82 Å². The highest BCUT2D eigenvalue weighted by Gasteiger charge is 2.51. The lowest BCUT2D eigenvalue weighted by Crippen LogP contribution is -2.64. The average Bonchev–Trinajstić information content (AvgIpc) is 3.31. The zero-order valence-electron chi connectivity index (χ0n) is 43.0. The molecule has 0 saturated heterocycles. The van der Waals surface area contributed by atoms with Gasteiger partial charge in [-0.3, -0.25) is 13.8 Å². The minimum atomic E-state index is -5.15. The molecule has 1 rings (SSSR count). The molecule has 8 unspecified atom stereocenters. The smallest absolute Gasteiger partial charge is 0.393 e. The molecule has 1 amide bonds. The third kappa shape index (κ3) is 34.2. The topological polar surface area (TPSA) is 226 Å². The van der Waals surface area contributed by atoms with E-state index in [9.17, 15) is 50.0 Å². The highest BCUT2D eigenvalue weighted by Crippen LogP contribution is 2.47. The molecular weight excluding hydrogens is 886 g/mol. The number of phosphoric acid groups is 1. The van der Waals surface area contributed by atoms with E-state index in [1.54, 1.807) is 6.08 Å². The lowest BCUT2D eigenvalue weighted by atomic mass is 9.85. The van der Waals surface area contributed by atoms with Gasteiger partial charge in [-0.25, -0.2) is 4.57 Å². The zero-order chi connectivity index (χ0) is 50.1. The van der Waals surface area contributed by atoms with E-state index in [2.05, 4.69) is 31.3 Å². The quantitative estimate of drug-likeness (QED) is 0.0158. The summed E-state index contributed by atoms with van der Waals surface area (Å²) in [6.45, 7) is 3.78. The van der Waals surface area contributed by atoms with Gasteiger partial charge in [-0.2, -0.15) is 0 Å². The van der Waals surface area contributed by atoms with Gasteiger partial charge in [-0.05, 0) is 44.9 Å². The summed E-state index contributed by atoms with van der Waals surface area (Å²) in [5.41, 5.74) is 0. The van der Waals surface area contributed by atoms with Gasteiger partial charge in [0.05, 0.1) is 31.3 Å². The van der Waals surface area contributed by atoms with Gasteiger partial charge in [0.1, 0.15) is 36.6 Å². The van der Waals surface area contributed by atoms with Crippen molar-refractivity contribution in [2.24, 2.45) is 0 Å². The first-order valence-electron chi connectivity index (χ1n) is 27.9. The number of unbranched alkanes of at least 4 members (excludes halogenated alkanes) is 32.